The van der Waals surface area contributed by atoms with Crippen LogP contribution in [-0.2, 0) is 10.0 Å². The first kappa shape index (κ1) is 18.7. The van der Waals surface area contributed by atoms with Crippen LogP contribution < -0.4 is 10.0 Å². The van der Waals surface area contributed by atoms with Gasteiger partial charge in [0.2, 0.25) is 10.0 Å². The maximum atomic E-state index is 12.4. The van der Waals surface area contributed by atoms with E-state index in [0.717, 1.165) is 25.9 Å². The summed E-state index contributed by atoms with van der Waals surface area (Å²) in [5.41, 5.74) is 1.29. The number of halogens is 1. The highest BCUT2D eigenvalue weighted by Gasteiger charge is 2.22. The van der Waals surface area contributed by atoms with Gasteiger partial charge >= 0.3 is 0 Å². The zero-order valence-electron chi connectivity index (χ0n) is 13.5. The van der Waals surface area contributed by atoms with Crippen LogP contribution >= 0.6 is 12.4 Å². The molecule has 1 aliphatic heterocycles. The van der Waals surface area contributed by atoms with Gasteiger partial charge in [0.05, 0.1) is 4.90 Å². The van der Waals surface area contributed by atoms with Crippen molar-refractivity contribution in [3.63, 3.8) is 0 Å². The van der Waals surface area contributed by atoms with Gasteiger partial charge in [-0.1, -0.05) is 31.4 Å². The second-order valence-corrected chi connectivity index (χ2v) is 8.28. The maximum Gasteiger partial charge on any atom is 0.240 e. The highest BCUT2D eigenvalue weighted by molar-refractivity contribution is 7.89. The minimum atomic E-state index is -3.40. The molecule has 1 saturated heterocycles. The summed E-state index contributed by atoms with van der Waals surface area (Å²) in [4.78, 5) is 0.387. The smallest absolute Gasteiger partial charge is 0.240 e. The molecule has 0 unspecified atom stereocenters. The van der Waals surface area contributed by atoms with Crippen LogP contribution in [0.3, 0.4) is 0 Å². The Kier molecular flexibility index (Phi) is 6.89. The average molecular weight is 359 g/mol. The summed E-state index contributed by atoms with van der Waals surface area (Å²) in [6.45, 7) is 1.70. The highest BCUT2D eigenvalue weighted by atomic mass is 35.5. The van der Waals surface area contributed by atoms with Gasteiger partial charge in [0.15, 0.2) is 0 Å². The van der Waals surface area contributed by atoms with Gasteiger partial charge in [0.25, 0.3) is 0 Å². The first-order valence-corrected chi connectivity index (χ1v) is 9.96. The van der Waals surface area contributed by atoms with Gasteiger partial charge in [-0.3, -0.25) is 0 Å². The Balaban J connectivity index is 0.00000192. The lowest BCUT2D eigenvalue weighted by Gasteiger charge is -2.24. The summed E-state index contributed by atoms with van der Waals surface area (Å²) >= 11 is 0. The summed E-state index contributed by atoms with van der Waals surface area (Å²) in [5.74, 6) is 0.612. The third kappa shape index (κ3) is 4.92. The van der Waals surface area contributed by atoms with Crippen LogP contribution in [0, 0.1) is 0 Å². The van der Waals surface area contributed by atoms with Gasteiger partial charge in [-0.2, -0.15) is 0 Å². The molecule has 0 aromatic heterocycles. The normalized spacial score (nSPS) is 23.2. The number of hydrogen-bond acceptors (Lipinski definition) is 3. The molecule has 3 rings (SSSR count). The molecule has 1 atom stereocenters. The molecule has 1 aromatic carbocycles. The van der Waals surface area contributed by atoms with Crippen molar-refractivity contribution < 1.29 is 8.42 Å². The standard InChI is InChI=1S/C17H26N2O2S.ClH/c20-22(21,19-16-7-4-12-18-13-16)17-10-8-15(9-11-17)14-5-2-1-3-6-14;/h8-11,14,16,18-19H,1-7,12-13H2;1H/t16-;/m0./s1. The molecule has 1 aromatic rings. The van der Waals surface area contributed by atoms with Crippen LogP contribution in [0.4, 0.5) is 0 Å². The maximum absolute atomic E-state index is 12.4. The minimum Gasteiger partial charge on any atom is -0.315 e. The molecule has 2 N–H and O–H groups in total. The Morgan fingerprint density at radius 2 is 1.65 bits per heavy atom. The summed E-state index contributed by atoms with van der Waals surface area (Å²) in [5, 5.41) is 3.23. The van der Waals surface area contributed by atoms with Crippen molar-refractivity contribution in [3.8, 4) is 0 Å². The SMILES string of the molecule is Cl.O=S(=O)(N[C@H]1CCCNC1)c1ccc(C2CCCCC2)cc1. The van der Waals surface area contributed by atoms with E-state index in [0.29, 0.717) is 10.8 Å². The molecule has 23 heavy (non-hydrogen) atoms. The number of rotatable bonds is 4. The number of benzene rings is 1. The zero-order chi connectivity index (χ0) is 15.4. The Bertz CT molecular complexity index is 577. The van der Waals surface area contributed by atoms with Crippen molar-refractivity contribution in [2.75, 3.05) is 13.1 Å². The first-order chi connectivity index (χ1) is 10.6. The Labute approximate surface area is 145 Å². The molecule has 130 valence electrons. The van der Waals surface area contributed by atoms with E-state index in [1.54, 1.807) is 12.1 Å². The summed E-state index contributed by atoms with van der Waals surface area (Å²) in [6.07, 6.45) is 8.32. The molecular weight excluding hydrogens is 332 g/mol. The van der Waals surface area contributed by atoms with E-state index in [1.807, 2.05) is 12.1 Å². The number of nitrogens with one attached hydrogen (secondary N) is 2. The van der Waals surface area contributed by atoms with E-state index < -0.39 is 10.0 Å². The monoisotopic (exact) mass is 358 g/mol. The lowest BCUT2D eigenvalue weighted by molar-refractivity contribution is 0.428. The number of hydrogen-bond donors (Lipinski definition) is 2. The fraction of sp³-hybridized carbons (Fsp3) is 0.647. The van der Waals surface area contributed by atoms with Gasteiger partial charge in [-0.05, 0) is 55.8 Å². The third-order valence-corrected chi connectivity index (χ3v) is 6.42. The van der Waals surface area contributed by atoms with Crippen LogP contribution in [0.2, 0.25) is 0 Å². The second-order valence-electron chi connectivity index (χ2n) is 6.57. The van der Waals surface area contributed by atoms with Gasteiger partial charge in [0.1, 0.15) is 0 Å². The molecule has 1 aliphatic carbocycles. The van der Waals surface area contributed by atoms with Crippen LogP contribution in [0.15, 0.2) is 29.2 Å². The fourth-order valence-corrected chi connectivity index (χ4v) is 4.87. The van der Waals surface area contributed by atoms with Crippen LogP contribution in [0.25, 0.3) is 0 Å². The van der Waals surface area contributed by atoms with Crippen LogP contribution in [-0.4, -0.2) is 27.5 Å². The third-order valence-electron chi connectivity index (χ3n) is 4.89. The Morgan fingerprint density at radius 1 is 0.957 bits per heavy atom. The zero-order valence-corrected chi connectivity index (χ0v) is 15.1. The molecule has 0 bridgehead atoms. The van der Waals surface area contributed by atoms with E-state index in [9.17, 15) is 8.42 Å². The molecule has 2 fully saturated rings. The number of piperidine rings is 1. The molecule has 2 aliphatic rings. The summed E-state index contributed by atoms with van der Waals surface area (Å²) < 4.78 is 27.7. The molecule has 0 radical (unpaired) electrons. The molecule has 1 saturated carbocycles. The van der Waals surface area contributed by atoms with Crippen molar-refractivity contribution in [2.24, 2.45) is 0 Å². The second kappa shape index (κ2) is 8.47. The van der Waals surface area contributed by atoms with Crippen molar-refractivity contribution in [2.45, 2.75) is 61.8 Å². The highest BCUT2D eigenvalue weighted by Crippen LogP contribution is 2.32. The van der Waals surface area contributed by atoms with Crippen LogP contribution in [0.5, 0.6) is 0 Å². The van der Waals surface area contributed by atoms with Crippen LogP contribution in [0.1, 0.15) is 56.4 Å². The summed E-state index contributed by atoms with van der Waals surface area (Å²) in [7, 11) is -3.40. The fourth-order valence-electron chi connectivity index (χ4n) is 3.59. The molecule has 0 amide bonds. The largest absolute Gasteiger partial charge is 0.315 e. The van der Waals surface area contributed by atoms with Crippen molar-refractivity contribution >= 4 is 22.4 Å². The van der Waals surface area contributed by atoms with Gasteiger partial charge < -0.3 is 5.32 Å². The van der Waals surface area contributed by atoms with Gasteiger partial charge in [-0.15, -0.1) is 12.4 Å². The minimum absolute atomic E-state index is 0. The molecule has 4 nitrogen and oxygen atoms in total. The predicted octanol–water partition coefficient (Wildman–Crippen LogP) is 3.19. The van der Waals surface area contributed by atoms with E-state index >= 15 is 0 Å². The Hall–Kier alpha value is -0.620. The van der Waals surface area contributed by atoms with Gasteiger partial charge in [-0.25, -0.2) is 13.1 Å². The topological polar surface area (TPSA) is 58.2 Å². The molecule has 6 heteroatoms. The quantitative estimate of drug-likeness (QED) is 0.869. The number of sulfonamides is 1. The lowest BCUT2D eigenvalue weighted by Crippen LogP contribution is -2.45. The molecular formula is C17H27ClN2O2S. The van der Waals surface area contributed by atoms with Crippen molar-refractivity contribution in [3.05, 3.63) is 29.8 Å². The van der Waals surface area contributed by atoms with E-state index in [4.69, 9.17) is 0 Å². The van der Waals surface area contributed by atoms with Crippen molar-refractivity contribution in [1.82, 2.24) is 10.0 Å². The van der Waals surface area contributed by atoms with E-state index in [1.165, 1.54) is 37.7 Å². The van der Waals surface area contributed by atoms with E-state index in [-0.39, 0.29) is 18.4 Å². The lowest BCUT2D eigenvalue weighted by atomic mass is 9.84. The molecule has 1 heterocycles. The average Bonchev–Trinajstić information content (AvgIpc) is 2.56. The predicted molar refractivity (Wildman–Crippen MR) is 95.7 cm³/mol. The van der Waals surface area contributed by atoms with E-state index in [2.05, 4.69) is 10.0 Å². The first-order valence-electron chi connectivity index (χ1n) is 8.48. The van der Waals surface area contributed by atoms with Gasteiger partial charge in [0, 0.05) is 12.6 Å². The van der Waals surface area contributed by atoms with Crippen molar-refractivity contribution in [1.29, 1.82) is 0 Å². The summed E-state index contributed by atoms with van der Waals surface area (Å²) in [6, 6.07) is 7.55. The molecule has 0 spiro atoms. The Morgan fingerprint density at radius 3 is 2.26 bits per heavy atom.